The van der Waals surface area contributed by atoms with E-state index in [0.717, 1.165) is 5.69 Å². The molecule has 0 amide bonds. The van der Waals surface area contributed by atoms with Crippen molar-refractivity contribution in [2.75, 3.05) is 12.4 Å². The molecule has 1 N–H and O–H groups in total. The molecule has 1 saturated carbocycles. The zero-order valence-corrected chi connectivity index (χ0v) is 10.1. The molecule has 1 aromatic heterocycles. The van der Waals surface area contributed by atoms with Crippen molar-refractivity contribution >= 4 is 17.4 Å². The van der Waals surface area contributed by atoms with Crippen LogP contribution >= 0.6 is 0 Å². The summed E-state index contributed by atoms with van der Waals surface area (Å²) in [5, 5.41) is 3.24. The normalized spacial score (nSPS) is 29.2. The molecule has 18 heavy (non-hydrogen) atoms. The van der Waals surface area contributed by atoms with E-state index in [2.05, 4.69) is 10.3 Å². The van der Waals surface area contributed by atoms with Gasteiger partial charge in [0.15, 0.2) is 0 Å². The largest absolute Gasteiger partial charge is 0.468 e. The Labute approximate surface area is 105 Å². The Kier molecular flexibility index (Phi) is 2.36. The van der Waals surface area contributed by atoms with E-state index in [-0.39, 0.29) is 17.8 Å². The van der Waals surface area contributed by atoms with E-state index in [4.69, 9.17) is 4.74 Å². The van der Waals surface area contributed by atoms with Crippen molar-refractivity contribution in [2.24, 2.45) is 0 Å². The number of nitrogens with one attached hydrogen (secondary N) is 1. The average molecular weight is 246 g/mol. The first-order chi connectivity index (χ1) is 8.68. The second kappa shape index (κ2) is 3.80. The maximum absolute atomic E-state index is 12.2. The van der Waals surface area contributed by atoms with E-state index in [0.29, 0.717) is 25.0 Å². The smallest absolute Gasteiger partial charge is 0.320 e. The number of nitrogens with zero attached hydrogens (tertiary/aromatic N) is 1. The van der Waals surface area contributed by atoms with Crippen LogP contribution in [0.5, 0.6) is 0 Å². The lowest BCUT2D eigenvalue weighted by Gasteiger charge is -2.35. The topological polar surface area (TPSA) is 68.3 Å². The summed E-state index contributed by atoms with van der Waals surface area (Å²) in [5.41, 5.74) is 0.760. The number of methoxy groups -OCH3 is 1. The number of carbonyl (C=O) groups excluding carboxylic acids is 2. The Balaban J connectivity index is 2.14. The first-order valence-corrected chi connectivity index (χ1v) is 6.00. The maximum atomic E-state index is 12.2. The molecule has 5 nitrogen and oxygen atoms in total. The van der Waals surface area contributed by atoms with Crippen LogP contribution in [0.4, 0.5) is 5.69 Å². The number of anilines is 1. The minimum atomic E-state index is -0.792. The van der Waals surface area contributed by atoms with E-state index in [1.165, 1.54) is 7.11 Å². The van der Waals surface area contributed by atoms with Gasteiger partial charge in [-0.3, -0.25) is 14.6 Å². The number of rotatable bonds is 1. The highest BCUT2D eigenvalue weighted by Gasteiger charge is 2.57. The third-order valence-corrected chi connectivity index (χ3v) is 3.93. The van der Waals surface area contributed by atoms with Crippen LogP contribution in [0.25, 0.3) is 0 Å². The van der Waals surface area contributed by atoms with Gasteiger partial charge in [0.2, 0.25) is 0 Å². The Bertz CT molecular complexity index is 529. The molecule has 1 aliphatic heterocycles. The number of hydrogen-bond donors (Lipinski definition) is 1. The third kappa shape index (κ3) is 1.30. The van der Waals surface area contributed by atoms with Gasteiger partial charge in [-0.25, -0.2) is 0 Å². The fourth-order valence-electron chi connectivity index (χ4n) is 3.06. The Hall–Kier alpha value is -1.91. The van der Waals surface area contributed by atoms with Gasteiger partial charge < -0.3 is 10.1 Å². The van der Waals surface area contributed by atoms with Crippen molar-refractivity contribution < 1.29 is 14.3 Å². The van der Waals surface area contributed by atoms with Crippen molar-refractivity contribution in [2.45, 2.75) is 30.7 Å². The summed E-state index contributed by atoms with van der Waals surface area (Å²) in [6, 6.07) is 3.47. The SMILES string of the molecule is COC(=O)[C@@]12CCC(=O)C[C@@H]1Nc1cccnc12. The Morgan fingerprint density at radius 1 is 1.61 bits per heavy atom. The van der Waals surface area contributed by atoms with Gasteiger partial charge in [-0.05, 0) is 18.6 Å². The summed E-state index contributed by atoms with van der Waals surface area (Å²) in [6.45, 7) is 0. The fourth-order valence-corrected chi connectivity index (χ4v) is 3.06. The number of ketones is 1. The van der Waals surface area contributed by atoms with Crippen LogP contribution in [-0.4, -0.2) is 29.9 Å². The molecule has 2 aliphatic rings. The number of aromatic nitrogens is 1. The first-order valence-electron chi connectivity index (χ1n) is 6.00. The predicted molar refractivity (Wildman–Crippen MR) is 64.2 cm³/mol. The molecule has 0 bridgehead atoms. The van der Waals surface area contributed by atoms with Gasteiger partial charge in [-0.15, -0.1) is 0 Å². The van der Waals surface area contributed by atoms with Crippen LogP contribution in [0.3, 0.4) is 0 Å². The Morgan fingerprint density at radius 2 is 2.44 bits per heavy atom. The number of Topliss-reactive ketones (excluding diaryl/α,β-unsaturated/α-hetero) is 1. The fraction of sp³-hybridized carbons (Fsp3) is 0.462. The number of pyridine rings is 1. The minimum Gasteiger partial charge on any atom is -0.468 e. The Morgan fingerprint density at radius 3 is 3.22 bits per heavy atom. The molecular weight excluding hydrogens is 232 g/mol. The zero-order valence-electron chi connectivity index (χ0n) is 10.1. The highest BCUT2D eigenvalue weighted by atomic mass is 16.5. The molecule has 0 radical (unpaired) electrons. The van der Waals surface area contributed by atoms with E-state index in [9.17, 15) is 9.59 Å². The lowest BCUT2D eigenvalue weighted by molar-refractivity contribution is -0.150. The molecule has 1 fully saturated rings. The minimum absolute atomic E-state index is 0.180. The number of fused-ring (bicyclic) bond motifs is 3. The third-order valence-electron chi connectivity index (χ3n) is 3.93. The zero-order chi connectivity index (χ0) is 12.8. The highest BCUT2D eigenvalue weighted by Crippen LogP contribution is 2.47. The molecule has 2 atom stereocenters. The highest BCUT2D eigenvalue weighted by molar-refractivity contribution is 5.94. The first kappa shape index (κ1) is 11.2. The van der Waals surface area contributed by atoms with Gasteiger partial charge in [-0.1, -0.05) is 0 Å². The van der Waals surface area contributed by atoms with Gasteiger partial charge in [0.25, 0.3) is 0 Å². The number of ether oxygens (including phenoxy) is 1. The van der Waals surface area contributed by atoms with Crippen LogP contribution in [0.1, 0.15) is 25.0 Å². The van der Waals surface area contributed by atoms with Crippen LogP contribution in [0.2, 0.25) is 0 Å². The van der Waals surface area contributed by atoms with Crippen LogP contribution in [0.15, 0.2) is 18.3 Å². The summed E-state index contributed by atoms with van der Waals surface area (Å²) < 4.78 is 4.96. The molecule has 1 aromatic rings. The van der Waals surface area contributed by atoms with E-state index >= 15 is 0 Å². The molecule has 0 aromatic carbocycles. The van der Waals surface area contributed by atoms with E-state index < -0.39 is 5.41 Å². The molecule has 2 heterocycles. The summed E-state index contributed by atoms with van der Waals surface area (Å²) in [5.74, 6) is -0.121. The summed E-state index contributed by atoms with van der Waals surface area (Å²) in [6.07, 6.45) is 2.90. The standard InChI is InChI=1S/C13H14N2O3/c1-18-12(17)13-5-4-8(16)7-10(13)15-9-3-2-6-14-11(9)13/h2-3,6,10,15H,4-5,7H2,1H3/t10-,13-/m0/s1. The van der Waals surface area contributed by atoms with E-state index in [1.54, 1.807) is 6.20 Å². The second-order valence-electron chi connectivity index (χ2n) is 4.80. The van der Waals surface area contributed by atoms with Crippen molar-refractivity contribution in [1.29, 1.82) is 0 Å². The van der Waals surface area contributed by atoms with Crippen LogP contribution < -0.4 is 5.32 Å². The van der Waals surface area contributed by atoms with E-state index in [1.807, 2.05) is 12.1 Å². The lowest BCUT2D eigenvalue weighted by atomic mass is 9.69. The average Bonchev–Trinajstić information content (AvgIpc) is 2.72. The molecule has 5 heteroatoms. The predicted octanol–water partition coefficient (Wildman–Crippen LogP) is 1.04. The monoisotopic (exact) mass is 246 g/mol. The van der Waals surface area contributed by atoms with Gasteiger partial charge in [0.05, 0.1) is 24.5 Å². The molecule has 0 unspecified atom stereocenters. The number of esters is 1. The molecule has 0 saturated heterocycles. The van der Waals surface area contributed by atoms with Gasteiger partial charge in [0.1, 0.15) is 11.2 Å². The molecule has 94 valence electrons. The summed E-state index contributed by atoms with van der Waals surface area (Å²) in [7, 11) is 1.38. The summed E-state index contributed by atoms with van der Waals surface area (Å²) >= 11 is 0. The van der Waals surface area contributed by atoms with Gasteiger partial charge in [0, 0.05) is 19.0 Å². The molecular formula is C13H14N2O3. The van der Waals surface area contributed by atoms with Gasteiger partial charge >= 0.3 is 5.97 Å². The molecule has 0 spiro atoms. The number of carbonyl (C=O) groups is 2. The quantitative estimate of drug-likeness (QED) is 0.750. The molecule has 3 rings (SSSR count). The van der Waals surface area contributed by atoms with Gasteiger partial charge in [-0.2, -0.15) is 0 Å². The van der Waals surface area contributed by atoms with Crippen molar-refractivity contribution in [3.8, 4) is 0 Å². The molecule has 1 aliphatic carbocycles. The van der Waals surface area contributed by atoms with Crippen molar-refractivity contribution in [1.82, 2.24) is 4.98 Å². The van der Waals surface area contributed by atoms with Crippen LogP contribution in [0, 0.1) is 0 Å². The van der Waals surface area contributed by atoms with Crippen molar-refractivity contribution in [3.05, 3.63) is 24.0 Å². The maximum Gasteiger partial charge on any atom is 0.320 e. The van der Waals surface area contributed by atoms with Crippen molar-refractivity contribution in [3.63, 3.8) is 0 Å². The summed E-state index contributed by atoms with van der Waals surface area (Å²) in [4.78, 5) is 28.2. The second-order valence-corrected chi connectivity index (χ2v) is 4.80. The lowest BCUT2D eigenvalue weighted by Crippen LogP contribution is -2.51. The number of hydrogen-bond acceptors (Lipinski definition) is 5. The van der Waals surface area contributed by atoms with Crippen LogP contribution in [-0.2, 0) is 19.7 Å².